The maximum atomic E-state index is 12.6. The number of aliphatic hydroxyl groups excluding tert-OH is 1. The molecule has 0 aliphatic carbocycles. The first-order chi connectivity index (χ1) is 12.4. The van der Waals surface area contributed by atoms with Crippen LogP contribution in [-0.4, -0.2) is 24.2 Å². The number of thiophene rings is 1. The number of hydrogen-bond acceptors (Lipinski definition) is 4. The first-order valence-electron chi connectivity index (χ1n) is 7.89. The van der Waals surface area contributed by atoms with Crippen molar-refractivity contribution in [3.63, 3.8) is 0 Å². The SMILES string of the molecule is O=C(NCC(CO)Cc1ccc(C(F)(F)F)cc1)c1cc2occc2s1. The molecular formula is C18H16F3NO3S. The Morgan fingerprint density at radius 1 is 1.23 bits per heavy atom. The second kappa shape index (κ2) is 7.51. The molecule has 0 bridgehead atoms. The molecule has 0 aliphatic heterocycles. The standard InChI is InChI=1S/C18H16F3NO3S/c19-18(20,21)13-3-1-11(2-4-13)7-12(10-23)9-22-17(24)16-8-14-15(26-16)5-6-25-14/h1-6,8,12,23H,7,9-10H2,(H,22,24). The number of benzene rings is 1. The van der Waals surface area contributed by atoms with E-state index in [1.54, 1.807) is 18.4 Å². The molecule has 0 fully saturated rings. The smallest absolute Gasteiger partial charge is 0.416 e. The molecule has 26 heavy (non-hydrogen) atoms. The molecular weight excluding hydrogens is 367 g/mol. The predicted octanol–water partition coefficient (Wildman–Crippen LogP) is 4.09. The second-order valence-corrected chi connectivity index (χ2v) is 7.00. The molecule has 1 atom stereocenters. The lowest BCUT2D eigenvalue weighted by atomic mass is 9.99. The van der Waals surface area contributed by atoms with Crippen LogP contribution in [0.25, 0.3) is 10.3 Å². The van der Waals surface area contributed by atoms with Gasteiger partial charge < -0.3 is 14.8 Å². The summed E-state index contributed by atoms with van der Waals surface area (Å²) in [7, 11) is 0. The Balaban J connectivity index is 1.57. The molecule has 0 aliphatic rings. The average Bonchev–Trinajstić information content (AvgIpc) is 3.19. The van der Waals surface area contributed by atoms with Gasteiger partial charge in [0.05, 0.1) is 21.4 Å². The normalized spacial score (nSPS) is 13.1. The molecule has 3 rings (SSSR count). The summed E-state index contributed by atoms with van der Waals surface area (Å²) in [6.45, 7) is 0.0315. The van der Waals surface area contributed by atoms with Crippen molar-refractivity contribution in [3.8, 4) is 0 Å². The minimum Gasteiger partial charge on any atom is -0.463 e. The lowest BCUT2D eigenvalue weighted by molar-refractivity contribution is -0.137. The van der Waals surface area contributed by atoms with Gasteiger partial charge in [-0.3, -0.25) is 4.79 Å². The molecule has 0 spiro atoms. The van der Waals surface area contributed by atoms with Crippen molar-refractivity contribution in [3.05, 3.63) is 58.7 Å². The van der Waals surface area contributed by atoms with E-state index >= 15 is 0 Å². The third-order valence-electron chi connectivity index (χ3n) is 3.98. The van der Waals surface area contributed by atoms with Gasteiger partial charge in [-0.15, -0.1) is 11.3 Å². The monoisotopic (exact) mass is 383 g/mol. The third-order valence-corrected chi connectivity index (χ3v) is 5.06. The molecule has 0 saturated carbocycles. The number of aliphatic hydroxyl groups is 1. The Labute approximate surface area is 151 Å². The number of rotatable bonds is 6. The molecule has 1 amide bonds. The fraction of sp³-hybridized carbons (Fsp3) is 0.278. The maximum Gasteiger partial charge on any atom is 0.416 e. The highest BCUT2D eigenvalue weighted by Crippen LogP contribution is 2.29. The zero-order chi connectivity index (χ0) is 18.7. The summed E-state index contributed by atoms with van der Waals surface area (Å²) in [6.07, 6.45) is -2.46. The van der Waals surface area contributed by atoms with Crippen LogP contribution in [0.5, 0.6) is 0 Å². The van der Waals surface area contributed by atoms with Gasteiger partial charge in [-0.2, -0.15) is 13.2 Å². The molecule has 3 aromatic rings. The van der Waals surface area contributed by atoms with Gasteiger partial charge in [0.15, 0.2) is 0 Å². The van der Waals surface area contributed by atoms with Crippen LogP contribution in [0.2, 0.25) is 0 Å². The van der Waals surface area contributed by atoms with Crippen LogP contribution < -0.4 is 5.32 Å². The van der Waals surface area contributed by atoms with Crippen molar-refractivity contribution in [1.29, 1.82) is 0 Å². The summed E-state index contributed by atoms with van der Waals surface area (Å²) in [6, 6.07) is 8.24. The van der Waals surface area contributed by atoms with Gasteiger partial charge in [-0.05, 0) is 30.2 Å². The van der Waals surface area contributed by atoms with Gasteiger partial charge in [0.25, 0.3) is 5.91 Å². The van der Waals surface area contributed by atoms with Crippen molar-refractivity contribution >= 4 is 27.5 Å². The molecule has 1 aromatic carbocycles. The van der Waals surface area contributed by atoms with Gasteiger partial charge in [0.1, 0.15) is 5.58 Å². The fourth-order valence-corrected chi connectivity index (χ4v) is 3.47. The van der Waals surface area contributed by atoms with Gasteiger partial charge in [-0.25, -0.2) is 0 Å². The van der Waals surface area contributed by atoms with Crippen LogP contribution in [0.3, 0.4) is 0 Å². The highest BCUT2D eigenvalue weighted by atomic mass is 32.1. The van der Waals surface area contributed by atoms with Crippen molar-refractivity contribution < 1.29 is 27.5 Å². The zero-order valence-electron chi connectivity index (χ0n) is 13.5. The lowest BCUT2D eigenvalue weighted by Gasteiger charge is -2.15. The summed E-state index contributed by atoms with van der Waals surface area (Å²) in [5.41, 5.74) is 0.598. The molecule has 2 N–H and O–H groups in total. The number of furan rings is 1. The van der Waals surface area contributed by atoms with E-state index in [1.165, 1.54) is 23.5 Å². The predicted molar refractivity (Wildman–Crippen MR) is 92.1 cm³/mol. The third kappa shape index (κ3) is 4.25. The van der Waals surface area contributed by atoms with Crippen LogP contribution in [0.4, 0.5) is 13.2 Å². The van der Waals surface area contributed by atoms with Crippen molar-refractivity contribution in [1.82, 2.24) is 5.32 Å². The molecule has 8 heteroatoms. The highest BCUT2D eigenvalue weighted by molar-refractivity contribution is 7.20. The highest BCUT2D eigenvalue weighted by Gasteiger charge is 2.30. The maximum absolute atomic E-state index is 12.6. The van der Waals surface area contributed by atoms with E-state index in [9.17, 15) is 23.1 Å². The van der Waals surface area contributed by atoms with Crippen LogP contribution in [0, 0.1) is 5.92 Å². The van der Waals surface area contributed by atoms with E-state index in [0.29, 0.717) is 22.4 Å². The largest absolute Gasteiger partial charge is 0.463 e. The Hall–Kier alpha value is -2.32. The first kappa shape index (κ1) is 18.5. The van der Waals surface area contributed by atoms with E-state index in [4.69, 9.17) is 4.42 Å². The van der Waals surface area contributed by atoms with Crippen molar-refractivity contribution in [2.75, 3.05) is 13.2 Å². The van der Waals surface area contributed by atoms with Gasteiger partial charge in [0, 0.05) is 25.1 Å². The molecule has 2 aromatic heterocycles. The van der Waals surface area contributed by atoms with Gasteiger partial charge in [0.2, 0.25) is 0 Å². The number of carbonyl (C=O) groups is 1. The first-order valence-corrected chi connectivity index (χ1v) is 8.70. The van der Waals surface area contributed by atoms with Crippen molar-refractivity contribution in [2.24, 2.45) is 5.92 Å². The summed E-state index contributed by atoms with van der Waals surface area (Å²) in [5, 5.41) is 12.2. The van der Waals surface area contributed by atoms with Crippen LogP contribution >= 0.6 is 11.3 Å². The molecule has 1 unspecified atom stereocenters. The van der Waals surface area contributed by atoms with Crippen LogP contribution in [-0.2, 0) is 12.6 Å². The van der Waals surface area contributed by atoms with E-state index in [2.05, 4.69) is 5.32 Å². The number of hydrogen-bond donors (Lipinski definition) is 2. The molecule has 2 heterocycles. The Morgan fingerprint density at radius 2 is 1.96 bits per heavy atom. The Kier molecular flexibility index (Phi) is 5.33. The summed E-state index contributed by atoms with van der Waals surface area (Å²) in [5.74, 6) is -0.564. The fourth-order valence-electron chi connectivity index (χ4n) is 2.57. The summed E-state index contributed by atoms with van der Waals surface area (Å²) in [4.78, 5) is 12.7. The average molecular weight is 383 g/mol. The van der Waals surface area contributed by atoms with E-state index in [-0.39, 0.29) is 25.0 Å². The summed E-state index contributed by atoms with van der Waals surface area (Å²) >= 11 is 1.30. The van der Waals surface area contributed by atoms with E-state index in [0.717, 1.165) is 16.8 Å². The molecule has 0 radical (unpaired) electrons. The molecule has 0 saturated heterocycles. The number of amides is 1. The molecule has 138 valence electrons. The second-order valence-electron chi connectivity index (χ2n) is 5.92. The van der Waals surface area contributed by atoms with Crippen molar-refractivity contribution in [2.45, 2.75) is 12.6 Å². The minimum atomic E-state index is -4.37. The zero-order valence-corrected chi connectivity index (χ0v) is 14.4. The van der Waals surface area contributed by atoms with Crippen LogP contribution in [0.15, 0.2) is 47.1 Å². The van der Waals surface area contributed by atoms with Crippen LogP contribution in [0.1, 0.15) is 20.8 Å². The number of alkyl halides is 3. The van der Waals surface area contributed by atoms with Gasteiger partial charge in [-0.1, -0.05) is 12.1 Å². The Bertz CT molecular complexity index is 855. The minimum absolute atomic E-state index is 0.186. The Morgan fingerprint density at radius 3 is 2.58 bits per heavy atom. The number of fused-ring (bicyclic) bond motifs is 1. The van der Waals surface area contributed by atoms with E-state index < -0.39 is 11.7 Å². The quantitative estimate of drug-likeness (QED) is 0.674. The van der Waals surface area contributed by atoms with E-state index in [1.807, 2.05) is 0 Å². The molecule has 4 nitrogen and oxygen atoms in total. The number of halogens is 3. The summed E-state index contributed by atoms with van der Waals surface area (Å²) < 4.78 is 43.8. The lowest BCUT2D eigenvalue weighted by Crippen LogP contribution is -2.31. The number of nitrogens with one attached hydrogen (secondary N) is 1. The topological polar surface area (TPSA) is 62.5 Å². The number of carbonyl (C=O) groups excluding carboxylic acids is 1. The van der Waals surface area contributed by atoms with Gasteiger partial charge >= 0.3 is 6.18 Å².